The Kier molecular flexibility index (Phi) is 3.98. The van der Waals surface area contributed by atoms with E-state index in [2.05, 4.69) is 10.1 Å². The number of methoxy groups -OCH3 is 1. The summed E-state index contributed by atoms with van der Waals surface area (Å²) in [6, 6.07) is 4.12. The minimum absolute atomic E-state index is 0.141. The van der Waals surface area contributed by atoms with Crippen LogP contribution in [0.2, 0.25) is 0 Å². The highest BCUT2D eigenvalue weighted by molar-refractivity contribution is 5.79. The minimum atomic E-state index is -4.46. The lowest BCUT2D eigenvalue weighted by molar-refractivity contribution is -0.141. The number of carbonyl (C=O) groups excluding carboxylic acids is 1. The molecule has 1 rings (SSSR count). The zero-order chi connectivity index (χ0) is 13.1. The van der Waals surface area contributed by atoms with Gasteiger partial charge in [0, 0.05) is 5.69 Å². The Bertz CT molecular complexity index is 404. The van der Waals surface area contributed by atoms with E-state index in [-0.39, 0.29) is 5.69 Å². The van der Waals surface area contributed by atoms with Crippen molar-refractivity contribution in [3.05, 3.63) is 29.8 Å². The second kappa shape index (κ2) is 5.07. The second-order valence-corrected chi connectivity index (χ2v) is 3.43. The lowest BCUT2D eigenvalue weighted by Gasteiger charge is -2.17. The summed E-state index contributed by atoms with van der Waals surface area (Å²) in [7, 11) is 1.18. The maximum atomic E-state index is 12.6. The fourth-order valence-electron chi connectivity index (χ4n) is 1.33. The first-order valence-corrected chi connectivity index (χ1v) is 4.87. The summed E-state index contributed by atoms with van der Waals surface area (Å²) in [6.45, 7) is 1.43. The monoisotopic (exact) mass is 247 g/mol. The van der Waals surface area contributed by atoms with Gasteiger partial charge in [-0.25, -0.2) is 4.79 Å². The van der Waals surface area contributed by atoms with E-state index in [1.807, 2.05) is 0 Å². The minimum Gasteiger partial charge on any atom is -0.467 e. The first kappa shape index (κ1) is 13.3. The van der Waals surface area contributed by atoms with Crippen LogP contribution in [0, 0.1) is 0 Å². The van der Waals surface area contributed by atoms with E-state index in [9.17, 15) is 18.0 Å². The molecule has 1 atom stereocenters. The summed E-state index contributed by atoms with van der Waals surface area (Å²) < 4.78 is 42.3. The first-order valence-electron chi connectivity index (χ1n) is 4.87. The Balaban J connectivity index is 2.95. The fraction of sp³-hybridized carbons (Fsp3) is 0.364. The molecule has 17 heavy (non-hydrogen) atoms. The van der Waals surface area contributed by atoms with Crippen molar-refractivity contribution in [2.75, 3.05) is 12.4 Å². The SMILES string of the molecule is COC(=O)[C@H](C)Nc1ccccc1C(F)(F)F. The van der Waals surface area contributed by atoms with Crippen molar-refractivity contribution in [3.63, 3.8) is 0 Å². The molecular formula is C11H12F3NO2. The molecule has 0 saturated heterocycles. The average Bonchev–Trinajstić information content (AvgIpc) is 2.27. The van der Waals surface area contributed by atoms with Gasteiger partial charge in [-0.05, 0) is 19.1 Å². The summed E-state index contributed by atoms with van der Waals surface area (Å²) in [6.07, 6.45) is -4.46. The molecule has 0 amide bonds. The van der Waals surface area contributed by atoms with Gasteiger partial charge in [-0.3, -0.25) is 0 Å². The van der Waals surface area contributed by atoms with Crippen LogP contribution in [0.5, 0.6) is 0 Å². The summed E-state index contributed by atoms with van der Waals surface area (Å²) in [5.41, 5.74) is -0.950. The van der Waals surface area contributed by atoms with Crippen molar-refractivity contribution in [1.82, 2.24) is 0 Å². The zero-order valence-electron chi connectivity index (χ0n) is 9.34. The lowest BCUT2D eigenvalue weighted by atomic mass is 10.1. The molecule has 0 aliphatic heterocycles. The van der Waals surface area contributed by atoms with Gasteiger partial charge in [-0.1, -0.05) is 12.1 Å². The summed E-state index contributed by atoms with van der Waals surface area (Å²) in [5, 5.41) is 2.47. The largest absolute Gasteiger partial charge is 0.467 e. The van der Waals surface area contributed by atoms with E-state index in [1.54, 1.807) is 0 Å². The number of halogens is 3. The molecular weight excluding hydrogens is 235 g/mol. The van der Waals surface area contributed by atoms with Crippen molar-refractivity contribution in [1.29, 1.82) is 0 Å². The fourth-order valence-corrected chi connectivity index (χ4v) is 1.33. The number of ether oxygens (including phenoxy) is 1. The molecule has 0 aliphatic carbocycles. The third kappa shape index (κ3) is 3.37. The molecule has 0 radical (unpaired) electrons. The lowest BCUT2D eigenvalue weighted by Crippen LogP contribution is -2.28. The maximum Gasteiger partial charge on any atom is 0.418 e. The number of hydrogen-bond donors (Lipinski definition) is 1. The van der Waals surface area contributed by atoms with Crippen molar-refractivity contribution in [2.24, 2.45) is 0 Å². The van der Waals surface area contributed by atoms with Gasteiger partial charge in [-0.2, -0.15) is 13.2 Å². The van der Waals surface area contributed by atoms with E-state index >= 15 is 0 Å². The molecule has 0 aliphatic rings. The number of para-hydroxylation sites is 1. The quantitative estimate of drug-likeness (QED) is 0.834. The van der Waals surface area contributed by atoms with Gasteiger partial charge >= 0.3 is 12.1 Å². The Morgan fingerprint density at radius 3 is 2.47 bits per heavy atom. The molecule has 3 nitrogen and oxygen atoms in total. The van der Waals surface area contributed by atoms with E-state index in [0.717, 1.165) is 6.07 Å². The summed E-state index contributed by atoms with van der Waals surface area (Å²) in [5.74, 6) is -0.623. The molecule has 0 bridgehead atoms. The van der Waals surface area contributed by atoms with E-state index in [4.69, 9.17) is 0 Å². The smallest absolute Gasteiger partial charge is 0.418 e. The summed E-state index contributed by atoms with van der Waals surface area (Å²) in [4.78, 5) is 11.1. The Labute approximate surface area is 96.6 Å². The first-order chi connectivity index (χ1) is 7.86. The number of nitrogens with one attached hydrogen (secondary N) is 1. The molecule has 1 aromatic carbocycles. The van der Waals surface area contributed by atoms with Crippen LogP contribution in [0.1, 0.15) is 12.5 Å². The van der Waals surface area contributed by atoms with Gasteiger partial charge in [0.25, 0.3) is 0 Å². The molecule has 94 valence electrons. The third-order valence-corrected chi connectivity index (χ3v) is 2.16. The Morgan fingerprint density at radius 2 is 1.94 bits per heavy atom. The van der Waals surface area contributed by atoms with Gasteiger partial charge in [0.2, 0.25) is 0 Å². The number of carbonyl (C=O) groups is 1. The maximum absolute atomic E-state index is 12.6. The van der Waals surface area contributed by atoms with Gasteiger partial charge in [0.1, 0.15) is 6.04 Å². The number of benzene rings is 1. The van der Waals surface area contributed by atoms with Crippen LogP contribution in [-0.2, 0) is 15.7 Å². The van der Waals surface area contributed by atoms with Crippen molar-refractivity contribution >= 4 is 11.7 Å². The van der Waals surface area contributed by atoms with Gasteiger partial charge in [-0.15, -0.1) is 0 Å². The number of alkyl halides is 3. The van der Waals surface area contributed by atoms with E-state index in [0.29, 0.717) is 0 Å². The van der Waals surface area contributed by atoms with Gasteiger partial charge in [0.05, 0.1) is 12.7 Å². The Morgan fingerprint density at radius 1 is 1.35 bits per heavy atom. The third-order valence-electron chi connectivity index (χ3n) is 2.16. The molecule has 0 saturated carbocycles. The molecule has 1 N–H and O–H groups in total. The molecule has 6 heteroatoms. The number of hydrogen-bond acceptors (Lipinski definition) is 3. The predicted octanol–water partition coefficient (Wildman–Crippen LogP) is 2.68. The molecule has 0 aromatic heterocycles. The number of rotatable bonds is 3. The van der Waals surface area contributed by atoms with Crippen LogP contribution < -0.4 is 5.32 Å². The normalized spacial score (nSPS) is 13.0. The van der Waals surface area contributed by atoms with Crippen LogP contribution >= 0.6 is 0 Å². The second-order valence-electron chi connectivity index (χ2n) is 3.43. The van der Waals surface area contributed by atoms with E-state index in [1.165, 1.54) is 32.2 Å². The van der Waals surface area contributed by atoms with Crippen LogP contribution in [0.4, 0.5) is 18.9 Å². The molecule has 1 aromatic rings. The summed E-state index contributed by atoms with van der Waals surface area (Å²) >= 11 is 0. The number of esters is 1. The van der Waals surface area contributed by atoms with Gasteiger partial charge < -0.3 is 10.1 Å². The van der Waals surface area contributed by atoms with Crippen LogP contribution in [0.25, 0.3) is 0 Å². The Hall–Kier alpha value is -1.72. The molecule has 0 heterocycles. The van der Waals surface area contributed by atoms with Crippen LogP contribution in [0.3, 0.4) is 0 Å². The van der Waals surface area contributed by atoms with Gasteiger partial charge in [0.15, 0.2) is 0 Å². The van der Waals surface area contributed by atoms with Crippen molar-refractivity contribution in [2.45, 2.75) is 19.1 Å². The van der Waals surface area contributed by atoms with Crippen molar-refractivity contribution < 1.29 is 22.7 Å². The van der Waals surface area contributed by atoms with E-state index < -0.39 is 23.8 Å². The highest BCUT2D eigenvalue weighted by Crippen LogP contribution is 2.34. The highest BCUT2D eigenvalue weighted by atomic mass is 19.4. The predicted molar refractivity (Wildman–Crippen MR) is 56.5 cm³/mol. The van der Waals surface area contributed by atoms with Crippen LogP contribution in [0.15, 0.2) is 24.3 Å². The van der Waals surface area contributed by atoms with Crippen molar-refractivity contribution in [3.8, 4) is 0 Å². The topological polar surface area (TPSA) is 38.3 Å². The zero-order valence-corrected chi connectivity index (χ0v) is 9.34. The highest BCUT2D eigenvalue weighted by Gasteiger charge is 2.33. The molecule has 0 spiro atoms. The number of anilines is 1. The average molecular weight is 247 g/mol. The van der Waals surface area contributed by atoms with Crippen LogP contribution in [-0.4, -0.2) is 19.1 Å². The molecule has 0 fully saturated rings. The standard InChI is InChI=1S/C11H12F3NO2/c1-7(10(16)17-2)15-9-6-4-3-5-8(9)11(12,13)14/h3-7,15H,1-2H3/t7-/m0/s1. The molecule has 0 unspecified atom stereocenters.